The summed E-state index contributed by atoms with van der Waals surface area (Å²) in [6.07, 6.45) is 2.89. The van der Waals surface area contributed by atoms with Gasteiger partial charge in [0.1, 0.15) is 12.2 Å². The highest BCUT2D eigenvalue weighted by Crippen LogP contribution is 2.16. The van der Waals surface area contributed by atoms with Gasteiger partial charge in [-0.2, -0.15) is 0 Å². The number of ether oxygens (including phenoxy) is 1. The minimum absolute atomic E-state index is 0.0463. The zero-order valence-electron chi connectivity index (χ0n) is 14.0. The van der Waals surface area contributed by atoms with E-state index in [4.69, 9.17) is 4.74 Å². The number of amides is 2. The first-order valence-electron chi connectivity index (χ1n) is 8.26. The fraction of sp³-hybridized carbons (Fsp3) is 0.556. The predicted molar refractivity (Wildman–Crippen MR) is 89.3 cm³/mol. The van der Waals surface area contributed by atoms with Crippen molar-refractivity contribution in [2.45, 2.75) is 32.6 Å². The van der Waals surface area contributed by atoms with Crippen LogP contribution in [0.15, 0.2) is 24.3 Å². The first-order valence-corrected chi connectivity index (χ1v) is 8.26. The number of methoxy groups -OCH3 is 1. The Morgan fingerprint density at radius 3 is 2.70 bits per heavy atom. The Labute approximate surface area is 138 Å². The zero-order valence-corrected chi connectivity index (χ0v) is 14.0. The lowest BCUT2D eigenvalue weighted by Crippen LogP contribution is -2.41. The van der Waals surface area contributed by atoms with Crippen molar-refractivity contribution in [3.05, 3.63) is 29.8 Å². The summed E-state index contributed by atoms with van der Waals surface area (Å²) in [5.74, 6) is 1.10. The van der Waals surface area contributed by atoms with Crippen LogP contribution in [0.4, 0.5) is 0 Å². The van der Waals surface area contributed by atoms with Gasteiger partial charge in [-0.05, 0) is 42.9 Å². The number of nitrogens with one attached hydrogen (secondary N) is 1. The van der Waals surface area contributed by atoms with Gasteiger partial charge in [-0.3, -0.25) is 9.59 Å². The van der Waals surface area contributed by atoms with Gasteiger partial charge in [-0.15, -0.1) is 0 Å². The molecule has 1 aromatic carbocycles. The van der Waals surface area contributed by atoms with Crippen molar-refractivity contribution in [1.82, 2.24) is 10.2 Å². The molecule has 1 unspecified atom stereocenters. The highest BCUT2D eigenvalue weighted by Gasteiger charge is 2.22. The van der Waals surface area contributed by atoms with Crippen molar-refractivity contribution in [2.75, 3.05) is 26.7 Å². The summed E-state index contributed by atoms with van der Waals surface area (Å²) in [6.45, 7) is 4.24. The van der Waals surface area contributed by atoms with Crippen LogP contribution in [0.2, 0.25) is 0 Å². The van der Waals surface area contributed by atoms with Gasteiger partial charge in [0.25, 0.3) is 0 Å². The molecule has 1 atom stereocenters. The molecule has 1 aromatic rings. The SMILES string of the molecule is COc1ccc(CCNC(=O)CC(=O)N2CCCC(C)C2)cc1. The molecule has 1 N–H and O–H groups in total. The summed E-state index contributed by atoms with van der Waals surface area (Å²) in [5.41, 5.74) is 1.13. The largest absolute Gasteiger partial charge is 0.497 e. The Hall–Kier alpha value is -2.04. The lowest BCUT2D eigenvalue weighted by Gasteiger charge is -2.30. The molecule has 2 amide bonds. The minimum Gasteiger partial charge on any atom is -0.497 e. The van der Waals surface area contributed by atoms with Crippen molar-refractivity contribution < 1.29 is 14.3 Å². The quantitative estimate of drug-likeness (QED) is 0.816. The van der Waals surface area contributed by atoms with Crippen LogP contribution in [-0.4, -0.2) is 43.5 Å². The number of benzene rings is 1. The molecule has 1 fully saturated rings. The first kappa shape index (κ1) is 17.3. The fourth-order valence-corrected chi connectivity index (χ4v) is 2.87. The summed E-state index contributed by atoms with van der Waals surface area (Å²) in [7, 11) is 1.63. The molecule has 5 nitrogen and oxygen atoms in total. The topological polar surface area (TPSA) is 58.6 Å². The number of carbonyl (C=O) groups excluding carboxylic acids is 2. The van der Waals surface area contributed by atoms with E-state index in [1.165, 1.54) is 0 Å². The number of carbonyl (C=O) groups is 2. The summed E-state index contributed by atoms with van der Waals surface area (Å²) >= 11 is 0. The smallest absolute Gasteiger partial charge is 0.232 e. The van der Waals surface area contributed by atoms with Crippen LogP contribution in [0.5, 0.6) is 5.75 Å². The van der Waals surface area contributed by atoms with Crippen LogP contribution in [0, 0.1) is 5.92 Å². The maximum Gasteiger partial charge on any atom is 0.232 e. The van der Waals surface area contributed by atoms with Crippen LogP contribution in [0.1, 0.15) is 31.7 Å². The number of hydrogen-bond donors (Lipinski definition) is 1. The molecule has 23 heavy (non-hydrogen) atoms. The van der Waals surface area contributed by atoms with E-state index in [0.29, 0.717) is 12.5 Å². The third-order valence-corrected chi connectivity index (χ3v) is 4.22. The third kappa shape index (κ3) is 5.58. The van der Waals surface area contributed by atoms with E-state index in [1.54, 1.807) is 7.11 Å². The second-order valence-corrected chi connectivity index (χ2v) is 6.21. The highest BCUT2D eigenvalue weighted by atomic mass is 16.5. The van der Waals surface area contributed by atoms with Crippen LogP contribution in [0.3, 0.4) is 0 Å². The molecule has 1 saturated heterocycles. The van der Waals surface area contributed by atoms with E-state index in [2.05, 4.69) is 12.2 Å². The molecule has 1 aliphatic heterocycles. The molecule has 0 aromatic heterocycles. The average Bonchev–Trinajstić information content (AvgIpc) is 2.55. The van der Waals surface area contributed by atoms with Gasteiger partial charge < -0.3 is 15.0 Å². The van der Waals surface area contributed by atoms with Crippen LogP contribution in [0.25, 0.3) is 0 Å². The molecule has 0 bridgehead atoms. The molecule has 0 radical (unpaired) electrons. The van der Waals surface area contributed by atoms with Crippen LogP contribution >= 0.6 is 0 Å². The monoisotopic (exact) mass is 318 g/mol. The number of rotatable bonds is 6. The number of likely N-dealkylation sites (tertiary alicyclic amines) is 1. The fourth-order valence-electron chi connectivity index (χ4n) is 2.87. The third-order valence-electron chi connectivity index (χ3n) is 4.22. The highest BCUT2D eigenvalue weighted by molar-refractivity contribution is 5.96. The molecule has 1 heterocycles. The lowest BCUT2D eigenvalue weighted by molar-refractivity contribution is -0.137. The van der Waals surface area contributed by atoms with E-state index in [0.717, 1.165) is 43.7 Å². The molecular weight excluding hydrogens is 292 g/mol. The number of hydrogen-bond acceptors (Lipinski definition) is 3. The van der Waals surface area contributed by atoms with Gasteiger partial charge in [0.05, 0.1) is 7.11 Å². The minimum atomic E-state index is -0.193. The molecule has 1 aliphatic rings. The van der Waals surface area contributed by atoms with E-state index < -0.39 is 0 Å². The lowest BCUT2D eigenvalue weighted by atomic mass is 10.00. The van der Waals surface area contributed by atoms with E-state index in [-0.39, 0.29) is 18.2 Å². The average molecular weight is 318 g/mol. The van der Waals surface area contributed by atoms with Crippen LogP contribution < -0.4 is 10.1 Å². The second-order valence-electron chi connectivity index (χ2n) is 6.21. The number of nitrogens with zero attached hydrogens (tertiary/aromatic N) is 1. The summed E-state index contributed by atoms with van der Waals surface area (Å²) in [4.78, 5) is 25.8. The predicted octanol–water partition coefficient (Wildman–Crippen LogP) is 2.00. The van der Waals surface area contributed by atoms with Gasteiger partial charge in [0.15, 0.2) is 0 Å². The Morgan fingerprint density at radius 2 is 2.04 bits per heavy atom. The zero-order chi connectivity index (χ0) is 16.7. The maximum atomic E-state index is 12.1. The van der Waals surface area contributed by atoms with E-state index >= 15 is 0 Å². The van der Waals surface area contributed by atoms with Crippen molar-refractivity contribution in [2.24, 2.45) is 5.92 Å². The second kappa shape index (κ2) is 8.56. The standard InChI is InChI=1S/C18H26N2O3/c1-14-4-3-11-20(13-14)18(22)12-17(21)19-10-9-15-5-7-16(23-2)8-6-15/h5-8,14H,3-4,9-13H2,1-2H3,(H,19,21). The Bertz CT molecular complexity index is 528. The van der Waals surface area contributed by atoms with Crippen LogP contribution in [-0.2, 0) is 16.0 Å². The molecular formula is C18H26N2O3. The van der Waals surface area contributed by atoms with Gasteiger partial charge in [0.2, 0.25) is 11.8 Å². The van der Waals surface area contributed by atoms with E-state index in [9.17, 15) is 9.59 Å². The van der Waals surface area contributed by atoms with Crippen molar-refractivity contribution in [3.63, 3.8) is 0 Å². The molecule has 0 aliphatic carbocycles. The summed E-state index contributed by atoms with van der Waals surface area (Å²) < 4.78 is 5.11. The van der Waals surface area contributed by atoms with E-state index in [1.807, 2.05) is 29.2 Å². The summed E-state index contributed by atoms with van der Waals surface area (Å²) in [6, 6.07) is 7.76. The Kier molecular flexibility index (Phi) is 6.44. The van der Waals surface area contributed by atoms with Gasteiger partial charge >= 0.3 is 0 Å². The van der Waals surface area contributed by atoms with Gasteiger partial charge in [0, 0.05) is 19.6 Å². The van der Waals surface area contributed by atoms with Crippen molar-refractivity contribution in [1.29, 1.82) is 0 Å². The van der Waals surface area contributed by atoms with Crippen molar-refractivity contribution in [3.8, 4) is 5.75 Å². The molecule has 126 valence electrons. The number of piperidine rings is 1. The maximum absolute atomic E-state index is 12.1. The molecule has 0 spiro atoms. The molecule has 0 saturated carbocycles. The normalized spacial score (nSPS) is 17.7. The first-order chi connectivity index (χ1) is 11.1. The molecule has 5 heteroatoms. The summed E-state index contributed by atoms with van der Waals surface area (Å²) in [5, 5.41) is 2.82. The van der Waals surface area contributed by atoms with Crippen molar-refractivity contribution >= 4 is 11.8 Å². The molecule has 2 rings (SSSR count). The Morgan fingerprint density at radius 1 is 1.30 bits per heavy atom. The van der Waals surface area contributed by atoms with Gasteiger partial charge in [-0.25, -0.2) is 0 Å². The van der Waals surface area contributed by atoms with Gasteiger partial charge in [-0.1, -0.05) is 19.1 Å². The Balaban J connectivity index is 1.68.